The van der Waals surface area contributed by atoms with Gasteiger partial charge in [0.2, 0.25) is 0 Å². The molecule has 96 valence electrons. The second-order valence-corrected chi connectivity index (χ2v) is 4.91. The molecular formula is C17H18N2. The van der Waals surface area contributed by atoms with Crippen molar-refractivity contribution in [2.24, 2.45) is 0 Å². The van der Waals surface area contributed by atoms with Gasteiger partial charge in [-0.2, -0.15) is 0 Å². The molecule has 2 aromatic carbocycles. The van der Waals surface area contributed by atoms with Crippen LogP contribution in [0.5, 0.6) is 0 Å². The summed E-state index contributed by atoms with van der Waals surface area (Å²) in [6.07, 6.45) is 4.60. The van der Waals surface area contributed by atoms with E-state index in [-0.39, 0.29) is 0 Å². The molecule has 1 aliphatic heterocycles. The van der Waals surface area contributed by atoms with E-state index < -0.39 is 0 Å². The van der Waals surface area contributed by atoms with Gasteiger partial charge in [-0.15, -0.1) is 0 Å². The van der Waals surface area contributed by atoms with Crippen molar-refractivity contribution in [1.29, 1.82) is 0 Å². The van der Waals surface area contributed by atoms with E-state index in [1.54, 1.807) is 0 Å². The Hall–Kier alpha value is -2.22. The number of hydrogen-bond donors (Lipinski definition) is 0. The summed E-state index contributed by atoms with van der Waals surface area (Å²) in [5.74, 6) is 0. The van der Waals surface area contributed by atoms with Crippen molar-refractivity contribution in [3.8, 4) is 0 Å². The van der Waals surface area contributed by atoms with Gasteiger partial charge >= 0.3 is 0 Å². The summed E-state index contributed by atoms with van der Waals surface area (Å²) in [6, 6.07) is 21.2. The summed E-state index contributed by atoms with van der Waals surface area (Å²) >= 11 is 0. The van der Waals surface area contributed by atoms with E-state index in [0.29, 0.717) is 6.17 Å². The molecule has 0 aromatic heterocycles. The monoisotopic (exact) mass is 250 g/mol. The van der Waals surface area contributed by atoms with Crippen LogP contribution >= 0.6 is 0 Å². The molecule has 1 heterocycles. The zero-order valence-corrected chi connectivity index (χ0v) is 11.1. The zero-order chi connectivity index (χ0) is 13.1. The largest absolute Gasteiger partial charge is 0.355 e. The Labute approximate surface area is 114 Å². The fourth-order valence-corrected chi connectivity index (χ4v) is 2.57. The Balaban J connectivity index is 1.83. The molecule has 0 N–H and O–H groups in total. The Kier molecular flexibility index (Phi) is 3.23. The van der Waals surface area contributed by atoms with Crippen molar-refractivity contribution in [2.75, 3.05) is 7.05 Å². The Morgan fingerprint density at radius 1 is 0.842 bits per heavy atom. The second kappa shape index (κ2) is 5.19. The third-order valence-electron chi connectivity index (χ3n) is 3.50. The molecule has 0 spiro atoms. The van der Waals surface area contributed by atoms with E-state index in [1.165, 1.54) is 11.1 Å². The van der Waals surface area contributed by atoms with Crippen LogP contribution in [0.3, 0.4) is 0 Å². The molecule has 2 aromatic rings. The smallest absolute Gasteiger partial charge is 0.127 e. The highest BCUT2D eigenvalue weighted by atomic mass is 15.4. The van der Waals surface area contributed by atoms with Crippen LogP contribution in [0, 0.1) is 0 Å². The number of hydrogen-bond acceptors (Lipinski definition) is 2. The van der Waals surface area contributed by atoms with Crippen LogP contribution < -0.4 is 0 Å². The highest BCUT2D eigenvalue weighted by molar-refractivity contribution is 5.23. The highest BCUT2D eigenvalue weighted by Crippen LogP contribution is 2.30. The zero-order valence-electron chi connectivity index (χ0n) is 11.1. The van der Waals surface area contributed by atoms with Crippen LogP contribution in [0.15, 0.2) is 73.1 Å². The number of nitrogens with zero attached hydrogens (tertiary/aromatic N) is 2. The van der Waals surface area contributed by atoms with Gasteiger partial charge in [-0.25, -0.2) is 0 Å². The van der Waals surface area contributed by atoms with E-state index in [2.05, 4.69) is 89.9 Å². The van der Waals surface area contributed by atoms with Crippen molar-refractivity contribution in [3.05, 3.63) is 84.2 Å². The van der Waals surface area contributed by atoms with E-state index in [4.69, 9.17) is 0 Å². The lowest BCUT2D eigenvalue weighted by Crippen LogP contribution is -2.28. The molecule has 0 fully saturated rings. The predicted octanol–water partition coefficient (Wildman–Crippen LogP) is 3.60. The lowest BCUT2D eigenvalue weighted by Gasteiger charge is -2.31. The molecular weight excluding hydrogens is 232 g/mol. The van der Waals surface area contributed by atoms with Crippen LogP contribution in [-0.2, 0) is 6.54 Å². The Bertz CT molecular complexity index is 548. The minimum absolute atomic E-state index is 0.293. The number of benzene rings is 2. The molecule has 1 atom stereocenters. The van der Waals surface area contributed by atoms with Crippen molar-refractivity contribution < 1.29 is 0 Å². The molecule has 0 saturated heterocycles. The van der Waals surface area contributed by atoms with Gasteiger partial charge in [0.05, 0.1) is 0 Å². The molecule has 0 radical (unpaired) electrons. The van der Waals surface area contributed by atoms with Gasteiger partial charge < -0.3 is 9.80 Å². The minimum Gasteiger partial charge on any atom is -0.355 e. The fraction of sp³-hybridized carbons (Fsp3) is 0.176. The lowest BCUT2D eigenvalue weighted by atomic mass is 10.1. The third-order valence-corrected chi connectivity index (χ3v) is 3.50. The molecule has 0 bridgehead atoms. The fourth-order valence-electron chi connectivity index (χ4n) is 2.57. The van der Waals surface area contributed by atoms with Crippen LogP contribution in [0.25, 0.3) is 0 Å². The van der Waals surface area contributed by atoms with Gasteiger partial charge in [-0.1, -0.05) is 60.7 Å². The van der Waals surface area contributed by atoms with Gasteiger partial charge in [-0.3, -0.25) is 0 Å². The van der Waals surface area contributed by atoms with Crippen LogP contribution in [0.2, 0.25) is 0 Å². The summed E-state index contributed by atoms with van der Waals surface area (Å²) < 4.78 is 0. The van der Waals surface area contributed by atoms with Crippen LogP contribution in [0.4, 0.5) is 0 Å². The molecule has 2 heteroatoms. The SMILES string of the molecule is CN1C=CN(Cc2ccccc2)C1c1ccccc1. The molecule has 2 nitrogen and oxygen atoms in total. The molecule has 0 aliphatic carbocycles. The first-order chi connectivity index (χ1) is 9.34. The van der Waals surface area contributed by atoms with Gasteiger partial charge in [0.15, 0.2) is 0 Å². The maximum Gasteiger partial charge on any atom is 0.127 e. The van der Waals surface area contributed by atoms with E-state index in [0.717, 1.165) is 6.54 Å². The topological polar surface area (TPSA) is 6.48 Å². The van der Waals surface area contributed by atoms with Gasteiger partial charge in [0.1, 0.15) is 6.17 Å². The maximum atomic E-state index is 2.37. The molecule has 3 rings (SSSR count). The highest BCUT2D eigenvalue weighted by Gasteiger charge is 2.24. The van der Waals surface area contributed by atoms with E-state index >= 15 is 0 Å². The summed E-state index contributed by atoms with van der Waals surface area (Å²) in [4.78, 5) is 4.61. The molecule has 0 saturated carbocycles. The van der Waals surface area contributed by atoms with Gasteiger partial charge in [-0.05, 0) is 11.1 Å². The van der Waals surface area contributed by atoms with Crippen molar-refractivity contribution in [3.63, 3.8) is 0 Å². The van der Waals surface area contributed by atoms with E-state index in [1.807, 2.05) is 0 Å². The van der Waals surface area contributed by atoms with Gasteiger partial charge in [0.25, 0.3) is 0 Å². The standard InChI is InChI=1S/C17H18N2/c1-18-12-13-19(14-15-8-4-2-5-9-15)17(18)16-10-6-3-7-11-16/h2-13,17H,14H2,1H3. The molecule has 19 heavy (non-hydrogen) atoms. The Morgan fingerprint density at radius 3 is 2.16 bits per heavy atom. The normalized spacial score (nSPS) is 18.1. The molecule has 1 aliphatic rings. The predicted molar refractivity (Wildman–Crippen MR) is 78.1 cm³/mol. The summed E-state index contributed by atoms with van der Waals surface area (Å²) in [7, 11) is 2.12. The first kappa shape index (κ1) is 11.8. The van der Waals surface area contributed by atoms with Crippen LogP contribution in [-0.4, -0.2) is 16.8 Å². The number of rotatable bonds is 3. The van der Waals surface area contributed by atoms with Crippen LogP contribution in [0.1, 0.15) is 17.3 Å². The minimum atomic E-state index is 0.293. The van der Waals surface area contributed by atoms with Crippen molar-refractivity contribution in [2.45, 2.75) is 12.7 Å². The molecule has 0 amide bonds. The maximum absolute atomic E-state index is 2.37. The average molecular weight is 250 g/mol. The third kappa shape index (κ3) is 2.48. The first-order valence-electron chi connectivity index (χ1n) is 6.59. The van der Waals surface area contributed by atoms with Crippen molar-refractivity contribution >= 4 is 0 Å². The Morgan fingerprint density at radius 2 is 1.47 bits per heavy atom. The first-order valence-corrected chi connectivity index (χ1v) is 6.59. The van der Waals surface area contributed by atoms with Crippen molar-refractivity contribution in [1.82, 2.24) is 9.80 Å². The average Bonchev–Trinajstić information content (AvgIpc) is 2.82. The summed E-state index contributed by atoms with van der Waals surface area (Å²) in [5.41, 5.74) is 2.66. The second-order valence-electron chi connectivity index (χ2n) is 4.91. The molecule has 1 unspecified atom stereocenters. The lowest BCUT2D eigenvalue weighted by molar-refractivity contribution is 0.172. The van der Waals surface area contributed by atoms with Gasteiger partial charge in [0, 0.05) is 26.0 Å². The quantitative estimate of drug-likeness (QED) is 0.821. The summed E-state index contributed by atoms with van der Waals surface area (Å²) in [6.45, 7) is 0.932. The summed E-state index contributed by atoms with van der Waals surface area (Å²) in [5, 5.41) is 0. The van der Waals surface area contributed by atoms with E-state index in [9.17, 15) is 0 Å².